The zero-order valence-corrected chi connectivity index (χ0v) is 11.3. The van der Waals surface area contributed by atoms with Crippen molar-refractivity contribution < 1.29 is 0 Å². The van der Waals surface area contributed by atoms with E-state index in [9.17, 15) is 0 Å². The van der Waals surface area contributed by atoms with Crippen molar-refractivity contribution in [1.29, 1.82) is 0 Å². The summed E-state index contributed by atoms with van der Waals surface area (Å²) in [7, 11) is 0. The van der Waals surface area contributed by atoms with Gasteiger partial charge in [0.05, 0.1) is 0 Å². The van der Waals surface area contributed by atoms with Crippen LogP contribution in [0, 0.1) is 5.92 Å². The van der Waals surface area contributed by atoms with Crippen molar-refractivity contribution in [3.63, 3.8) is 0 Å². The molecule has 1 nitrogen and oxygen atoms in total. The fraction of sp³-hybridized carbons (Fsp3) is 1.00. The Hall–Kier alpha value is 0.310. The fourth-order valence-corrected chi connectivity index (χ4v) is 2.10. The van der Waals surface area contributed by atoms with Gasteiger partial charge in [0.15, 0.2) is 0 Å². The molecule has 14 heavy (non-hydrogen) atoms. The highest BCUT2D eigenvalue weighted by Gasteiger charge is 2.12. The molecule has 0 unspecified atom stereocenters. The zero-order valence-electron chi connectivity index (χ0n) is 10.5. The van der Waals surface area contributed by atoms with Crippen molar-refractivity contribution in [1.82, 2.24) is 5.32 Å². The molecule has 2 heteroatoms. The van der Waals surface area contributed by atoms with Crippen LogP contribution in [0.25, 0.3) is 0 Å². The molecule has 0 aromatic carbocycles. The van der Waals surface area contributed by atoms with Crippen LogP contribution in [0.2, 0.25) is 0 Å². The molecule has 0 saturated heterocycles. The molecule has 0 atom stereocenters. The average molecular weight is 217 g/mol. The Labute approximate surface area is 94.4 Å². The Bertz CT molecular complexity index is 132. The van der Waals surface area contributed by atoms with Gasteiger partial charge < -0.3 is 5.32 Å². The maximum atomic E-state index is 3.58. The molecule has 0 bridgehead atoms. The highest BCUT2D eigenvalue weighted by atomic mass is 32.2. The van der Waals surface area contributed by atoms with E-state index in [2.05, 4.69) is 51.7 Å². The summed E-state index contributed by atoms with van der Waals surface area (Å²) in [5.74, 6) is 3.41. The highest BCUT2D eigenvalue weighted by Crippen LogP contribution is 2.10. The maximum Gasteiger partial charge on any atom is 0.0122 e. The number of rotatable bonds is 8. The van der Waals surface area contributed by atoms with Crippen LogP contribution in [-0.4, -0.2) is 23.6 Å². The van der Waals surface area contributed by atoms with Gasteiger partial charge in [-0.1, -0.05) is 20.8 Å². The van der Waals surface area contributed by atoms with E-state index in [4.69, 9.17) is 0 Å². The first-order chi connectivity index (χ1) is 6.48. The topological polar surface area (TPSA) is 12.0 Å². The van der Waals surface area contributed by atoms with E-state index in [1.807, 2.05) is 0 Å². The quantitative estimate of drug-likeness (QED) is 0.624. The average Bonchev–Trinajstić information content (AvgIpc) is 2.10. The first kappa shape index (κ1) is 14.3. The third kappa shape index (κ3) is 8.89. The lowest BCUT2D eigenvalue weighted by Gasteiger charge is -2.24. The van der Waals surface area contributed by atoms with Gasteiger partial charge in [0.2, 0.25) is 0 Å². The van der Waals surface area contributed by atoms with Gasteiger partial charge in [-0.2, -0.15) is 11.8 Å². The Kier molecular flexibility index (Phi) is 7.75. The standard InChI is InChI=1S/C12H27NS/c1-6-12(4,5)13-8-10-14-9-7-11(2)3/h11,13H,6-10H2,1-5H3. The first-order valence-electron chi connectivity index (χ1n) is 5.80. The SMILES string of the molecule is CCC(C)(C)NCCSCCC(C)C. The Morgan fingerprint density at radius 2 is 1.86 bits per heavy atom. The Morgan fingerprint density at radius 3 is 2.36 bits per heavy atom. The molecular formula is C12H27NS. The minimum Gasteiger partial charge on any atom is -0.311 e. The molecule has 0 aliphatic heterocycles. The smallest absolute Gasteiger partial charge is 0.0122 e. The van der Waals surface area contributed by atoms with E-state index >= 15 is 0 Å². The van der Waals surface area contributed by atoms with Crippen LogP contribution in [0.15, 0.2) is 0 Å². The van der Waals surface area contributed by atoms with Gasteiger partial charge in [-0.15, -0.1) is 0 Å². The molecule has 0 fully saturated rings. The lowest BCUT2D eigenvalue weighted by Crippen LogP contribution is -2.39. The zero-order chi connectivity index (χ0) is 11.0. The minimum atomic E-state index is 0.318. The summed E-state index contributed by atoms with van der Waals surface area (Å²) in [6, 6.07) is 0. The van der Waals surface area contributed by atoms with E-state index < -0.39 is 0 Å². The molecule has 0 aromatic heterocycles. The van der Waals surface area contributed by atoms with Gasteiger partial charge in [-0.05, 0) is 38.4 Å². The van der Waals surface area contributed by atoms with Crippen molar-refractivity contribution in [2.45, 2.75) is 53.0 Å². The Balaban J connectivity index is 3.21. The van der Waals surface area contributed by atoms with Gasteiger partial charge in [-0.3, -0.25) is 0 Å². The minimum absolute atomic E-state index is 0.318. The number of hydrogen-bond acceptors (Lipinski definition) is 2. The molecule has 0 aromatic rings. The van der Waals surface area contributed by atoms with Crippen molar-refractivity contribution in [2.75, 3.05) is 18.1 Å². The van der Waals surface area contributed by atoms with Crippen LogP contribution < -0.4 is 5.32 Å². The van der Waals surface area contributed by atoms with Gasteiger partial charge in [0.1, 0.15) is 0 Å². The lowest BCUT2D eigenvalue weighted by molar-refractivity contribution is 0.388. The highest BCUT2D eigenvalue weighted by molar-refractivity contribution is 7.99. The predicted octanol–water partition coefficient (Wildman–Crippen LogP) is 3.54. The monoisotopic (exact) mass is 217 g/mol. The van der Waals surface area contributed by atoms with Crippen LogP contribution >= 0.6 is 11.8 Å². The molecule has 0 radical (unpaired) electrons. The molecule has 0 spiro atoms. The number of thioether (sulfide) groups is 1. The van der Waals surface area contributed by atoms with Crippen molar-refractivity contribution in [3.05, 3.63) is 0 Å². The van der Waals surface area contributed by atoms with Crippen molar-refractivity contribution in [2.24, 2.45) is 5.92 Å². The van der Waals surface area contributed by atoms with Crippen LogP contribution in [0.3, 0.4) is 0 Å². The second kappa shape index (κ2) is 7.58. The second-order valence-electron chi connectivity index (χ2n) is 4.96. The van der Waals surface area contributed by atoms with E-state index in [1.165, 1.54) is 24.3 Å². The maximum absolute atomic E-state index is 3.58. The molecule has 0 saturated carbocycles. The molecule has 0 amide bonds. The number of nitrogens with one attached hydrogen (secondary N) is 1. The van der Waals surface area contributed by atoms with Gasteiger partial charge in [0, 0.05) is 17.8 Å². The summed E-state index contributed by atoms with van der Waals surface area (Å²) < 4.78 is 0. The largest absolute Gasteiger partial charge is 0.311 e. The lowest BCUT2D eigenvalue weighted by atomic mass is 10.0. The molecule has 86 valence electrons. The summed E-state index contributed by atoms with van der Waals surface area (Å²) in [4.78, 5) is 0. The molecule has 1 N–H and O–H groups in total. The summed E-state index contributed by atoms with van der Waals surface area (Å²) in [6.45, 7) is 12.5. The first-order valence-corrected chi connectivity index (χ1v) is 6.96. The van der Waals surface area contributed by atoms with Crippen LogP contribution in [0.5, 0.6) is 0 Å². The normalized spacial score (nSPS) is 12.4. The van der Waals surface area contributed by atoms with E-state index in [-0.39, 0.29) is 0 Å². The summed E-state index contributed by atoms with van der Waals surface area (Å²) in [5.41, 5.74) is 0.318. The van der Waals surface area contributed by atoms with E-state index in [0.29, 0.717) is 5.54 Å². The number of hydrogen-bond donors (Lipinski definition) is 1. The van der Waals surface area contributed by atoms with Crippen molar-refractivity contribution >= 4 is 11.8 Å². The predicted molar refractivity (Wildman–Crippen MR) is 69.2 cm³/mol. The fourth-order valence-electron chi connectivity index (χ4n) is 1.01. The second-order valence-corrected chi connectivity index (χ2v) is 6.18. The van der Waals surface area contributed by atoms with E-state index in [0.717, 1.165) is 12.5 Å². The van der Waals surface area contributed by atoms with Gasteiger partial charge in [-0.25, -0.2) is 0 Å². The summed E-state index contributed by atoms with van der Waals surface area (Å²) in [5, 5.41) is 3.58. The molecule has 0 heterocycles. The van der Waals surface area contributed by atoms with Crippen molar-refractivity contribution in [3.8, 4) is 0 Å². The summed E-state index contributed by atoms with van der Waals surface area (Å²) in [6.07, 6.45) is 2.55. The van der Waals surface area contributed by atoms with Crippen LogP contribution in [0.4, 0.5) is 0 Å². The molecule has 0 aliphatic carbocycles. The third-order valence-corrected chi connectivity index (χ3v) is 3.59. The summed E-state index contributed by atoms with van der Waals surface area (Å²) >= 11 is 2.07. The van der Waals surface area contributed by atoms with Crippen LogP contribution in [0.1, 0.15) is 47.5 Å². The molecular weight excluding hydrogens is 190 g/mol. The Morgan fingerprint density at radius 1 is 1.21 bits per heavy atom. The van der Waals surface area contributed by atoms with Gasteiger partial charge >= 0.3 is 0 Å². The van der Waals surface area contributed by atoms with E-state index in [1.54, 1.807) is 0 Å². The van der Waals surface area contributed by atoms with Gasteiger partial charge in [0.25, 0.3) is 0 Å². The third-order valence-electron chi connectivity index (χ3n) is 2.57. The molecule has 0 rings (SSSR count). The van der Waals surface area contributed by atoms with Crippen LogP contribution in [-0.2, 0) is 0 Å². The molecule has 0 aliphatic rings.